The Morgan fingerprint density at radius 3 is 2.60 bits per heavy atom. The van der Waals surface area contributed by atoms with Crippen molar-refractivity contribution in [1.29, 1.82) is 0 Å². The van der Waals surface area contributed by atoms with Gasteiger partial charge >= 0.3 is 0 Å². The first-order chi connectivity index (χ1) is 20.2. The molecule has 0 radical (unpaired) electrons. The Morgan fingerprint density at radius 1 is 1.05 bits per heavy atom. The summed E-state index contributed by atoms with van der Waals surface area (Å²) >= 11 is 13.9. The molecule has 1 unspecified atom stereocenters. The van der Waals surface area contributed by atoms with E-state index in [9.17, 15) is 4.79 Å². The van der Waals surface area contributed by atoms with Gasteiger partial charge in [-0.05, 0) is 58.9 Å². The Bertz CT molecular complexity index is 1680. The van der Waals surface area contributed by atoms with Crippen molar-refractivity contribution in [2.75, 3.05) is 12.4 Å². The molecule has 0 spiro atoms. The number of thioether (sulfide) groups is 1. The van der Waals surface area contributed by atoms with Crippen molar-refractivity contribution in [1.82, 2.24) is 14.8 Å². The summed E-state index contributed by atoms with van der Waals surface area (Å²) in [6.45, 7) is 4.60. The number of Topliss-reactive ketones (excluding diaryl/α,β-unsaturated/α-hetero) is 1. The normalized spacial score (nSPS) is 17.4. The van der Waals surface area contributed by atoms with Crippen LogP contribution in [0.15, 0.2) is 83.2 Å². The number of carbonyl (C=O) groups excluding carboxylic acids is 1. The first kappa shape index (κ1) is 28.6. The molecule has 1 aromatic heterocycles. The number of allylic oxidation sites excluding steroid dienone is 2. The predicted molar refractivity (Wildman–Crippen MR) is 167 cm³/mol. The zero-order valence-corrected chi connectivity index (χ0v) is 25.8. The van der Waals surface area contributed by atoms with E-state index in [1.807, 2.05) is 71.4 Å². The SMILES string of the molecule is COc1cc(C2C3=C(CC(C)(C)CC3=O)Nc3nc(SCc4ccccc4Cl)nn32)ccc1OCc1ccc(Cl)cc1. The van der Waals surface area contributed by atoms with Gasteiger partial charge in [0.2, 0.25) is 11.1 Å². The summed E-state index contributed by atoms with van der Waals surface area (Å²) < 4.78 is 13.7. The molecule has 0 saturated carbocycles. The number of ether oxygens (including phenoxy) is 2. The van der Waals surface area contributed by atoms with Gasteiger partial charge in [-0.15, -0.1) is 5.10 Å². The summed E-state index contributed by atoms with van der Waals surface area (Å²) in [5.74, 6) is 2.51. The highest BCUT2D eigenvalue weighted by atomic mass is 35.5. The van der Waals surface area contributed by atoms with Crippen molar-refractivity contribution < 1.29 is 14.3 Å². The van der Waals surface area contributed by atoms with E-state index in [1.165, 1.54) is 11.8 Å². The molecule has 1 atom stereocenters. The highest BCUT2D eigenvalue weighted by molar-refractivity contribution is 7.98. The van der Waals surface area contributed by atoms with Crippen LogP contribution in [-0.4, -0.2) is 27.7 Å². The minimum Gasteiger partial charge on any atom is -0.493 e. The number of nitrogens with one attached hydrogen (secondary N) is 1. The molecule has 42 heavy (non-hydrogen) atoms. The van der Waals surface area contributed by atoms with Gasteiger partial charge in [0.25, 0.3) is 0 Å². The van der Waals surface area contributed by atoms with Gasteiger partial charge in [-0.2, -0.15) is 4.98 Å². The van der Waals surface area contributed by atoms with Crippen molar-refractivity contribution in [3.63, 3.8) is 0 Å². The fourth-order valence-corrected chi connectivity index (χ4v) is 6.67. The average molecular weight is 622 g/mol. The van der Waals surface area contributed by atoms with Crippen LogP contribution in [0, 0.1) is 5.41 Å². The molecule has 4 aromatic rings. The summed E-state index contributed by atoms with van der Waals surface area (Å²) in [5, 5.41) is 10.3. The van der Waals surface area contributed by atoms with Crippen LogP contribution in [0.25, 0.3) is 0 Å². The summed E-state index contributed by atoms with van der Waals surface area (Å²) in [5.41, 5.74) is 4.31. The van der Waals surface area contributed by atoms with Crippen LogP contribution in [0.1, 0.15) is 49.4 Å². The molecule has 0 saturated heterocycles. The summed E-state index contributed by atoms with van der Waals surface area (Å²) in [4.78, 5) is 18.5. The second kappa shape index (κ2) is 11.7. The Labute approximate surface area is 259 Å². The van der Waals surface area contributed by atoms with E-state index in [2.05, 4.69) is 19.2 Å². The molecule has 216 valence electrons. The first-order valence-corrected chi connectivity index (χ1v) is 15.4. The third-order valence-electron chi connectivity index (χ3n) is 7.44. The number of hydrogen-bond acceptors (Lipinski definition) is 7. The molecule has 1 N–H and O–H groups in total. The van der Waals surface area contributed by atoms with E-state index in [4.69, 9.17) is 42.8 Å². The molecule has 1 aliphatic carbocycles. The van der Waals surface area contributed by atoms with Crippen LogP contribution in [0.4, 0.5) is 5.95 Å². The van der Waals surface area contributed by atoms with Gasteiger partial charge in [-0.1, -0.05) is 85.2 Å². The van der Waals surface area contributed by atoms with Crippen LogP contribution < -0.4 is 14.8 Å². The number of halogens is 2. The lowest BCUT2D eigenvalue weighted by Gasteiger charge is -2.38. The van der Waals surface area contributed by atoms with Crippen LogP contribution >= 0.6 is 35.0 Å². The average Bonchev–Trinajstić information content (AvgIpc) is 3.37. The Morgan fingerprint density at radius 2 is 1.83 bits per heavy atom. The molecule has 2 heterocycles. The monoisotopic (exact) mass is 620 g/mol. The number of anilines is 1. The number of rotatable bonds is 8. The number of aromatic nitrogens is 3. The number of nitrogens with zero attached hydrogens (tertiary/aromatic N) is 3. The number of fused-ring (bicyclic) bond motifs is 1. The number of methoxy groups -OCH3 is 1. The smallest absolute Gasteiger partial charge is 0.227 e. The molecule has 1 aliphatic heterocycles. The summed E-state index contributed by atoms with van der Waals surface area (Å²) in [6.07, 6.45) is 1.19. The summed E-state index contributed by atoms with van der Waals surface area (Å²) in [7, 11) is 1.61. The molecular weight excluding hydrogens is 591 g/mol. The fourth-order valence-electron chi connectivity index (χ4n) is 5.43. The standard InChI is InChI=1S/C32H30Cl2N4O3S/c1-32(2)15-24-28(25(39)16-32)29(38-30(35-24)36-31(37-38)42-18-21-6-4-5-7-23(21)34)20-10-13-26(27(14-20)40-3)41-17-19-8-11-22(33)12-9-19/h4-14,29H,15-18H2,1-3H3,(H,35,36,37). The van der Waals surface area contributed by atoms with Gasteiger partial charge in [0.15, 0.2) is 17.3 Å². The Balaban J connectivity index is 1.34. The Hall–Kier alpha value is -3.46. The van der Waals surface area contributed by atoms with Crippen LogP contribution in [0.2, 0.25) is 10.0 Å². The topological polar surface area (TPSA) is 78.3 Å². The van der Waals surface area contributed by atoms with E-state index in [0.29, 0.717) is 57.0 Å². The van der Waals surface area contributed by atoms with E-state index in [-0.39, 0.29) is 11.2 Å². The van der Waals surface area contributed by atoms with Gasteiger partial charge in [0.1, 0.15) is 12.6 Å². The molecule has 7 nitrogen and oxygen atoms in total. The Kier molecular flexibility index (Phi) is 7.96. The molecule has 0 bridgehead atoms. The maximum atomic E-state index is 13.7. The van der Waals surface area contributed by atoms with E-state index >= 15 is 0 Å². The summed E-state index contributed by atoms with van der Waals surface area (Å²) in [6, 6.07) is 20.6. The third-order valence-corrected chi connectivity index (χ3v) is 8.95. The number of benzene rings is 3. The highest BCUT2D eigenvalue weighted by Crippen LogP contribution is 2.47. The first-order valence-electron chi connectivity index (χ1n) is 13.6. The highest BCUT2D eigenvalue weighted by Gasteiger charge is 2.42. The predicted octanol–water partition coefficient (Wildman–Crippen LogP) is 8.12. The van der Waals surface area contributed by atoms with E-state index in [0.717, 1.165) is 28.8 Å². The van der Waals surface area contributed by atoms with Gasteiger partial charge in [0, 0.05) is 33.5 Å². The van der Waals surface area contributed by atoms with E-state index in [1.54, 1.807) is 7.11 Å². The number of carbonyl (C=O) groups is 1. The van der Waals surface area contributed by atoms with Crippen molar-refractivity contribution in [3.8, 4) is 11.5 Å². The van der Waals surface area contributed by atoms with Crippen molar-refractivity contribution in [3.05, 3.63) is 105 Å². The molecule has 2 aliphatic rings. The maximum Gasteiger partial charge on any atom is 0.227 e. The van der Waals surface area contributed by atoms with Gasteiger partial charge in [-0.3, -0.25) is 4.79 Å². The molecule has 0 amide bonds. The second-order valence-corrected chi connectivity index (χ2v) is 13.0. The van der Waals surface area contributed by atoms with Crippen LogP contribution in [0.3, 0.4) is 0 Å². The lowest BCUT2D eigenvalue weighted by atomic mass is 9.73. The minimum absolute atomic E-state index is 0.104. The quantitative estimate of drug-likeness (QED) is 0.199. The third kappa shape index (κ3) is 5.89. The lowest BCUT2D eigenvalue weighted by Crippen LogP contribution is -2.36. The van der Waals surface area contributed by atoms with Crippen LogP contribution in [-0.2, 0) is 17.2 Å². The van der Waals surface area contributed by atoms with Gasteiger partial charge in [0.05, 0.1) is 7.11 Å². The molecule has 10 heteroatoms. The molecule has 6 rings (SSSR count). The largest absolute Gasteiger partial charge is 0.493 e. The second-order valence-electron chi connectivity index (χ2n) is 11.2. The van der Waals surface area contributed by atoms with Crippen molar-refractivity contribution >= 4 is 46.7 Å². The van der Waals surface area contributed by atoms with Crippen molar-refractivity contribution in [2.45, 2.75) is 50.2 Å². The van der Waals surface area contributed by atoms with E-state index < -0.39 is 6.04 Å². The lowest BCUT2D eigenvalue weighted by molar-refractivity contribution is -0.118. The molecule has 0 fully saturated rings. The van der Waals surface area contributed by atoms with Gasteiger partial charge in [-0.25, -0.2) is 4.68 Å². The zero-order chi connectivity index (χ0) is 29.4. The van der Waals surface area contributed by atoms with Crippen LogP contribution in [0.5, 0.6) is 11.5 Å². The minimum atomic E-state index is -0.457. The van der Waals surface area contributed by atoms with Crippen molar-refractivity contribution in [2.24, 2.45) is 5.41 Å². The number of ketones is 1. The van der Waals surface area contributed by atoms with Gasteiger partial charge < -0.3 is 14.8 Å². The molecular formula is C32H30Cl2N4O3S. The maximum absolute atomic E-state index is 13.7. The fraction of sp³-hybridized carbons (Fsp3) is 0.281. The number of hydrogen-bond donors (Lipinski definition) is 1. The zero-order valence-electron chi connectivity index (χ0n) is 23.5. The molecule has 3 aromatic carbocycles.